The largest absolute Gasteiger partial charge is 0.369 e. The van der Waals surface area contributed by atoms with Gasteiger partial charge >= 0.3 is 0 Å². The molecule has 3 rings (SSSR count). The fourth-order valence-corrected chi connectivity index (χ4v) is 4.18. The van der Waals surface area contributed by atoms with Gasteiger partial charge in [-0.15, -0.1) is 0 Å². The lowest BCUT2D eigenvalue weighted by Crippen LogP contribution is -2.49. The topological polar surface area (TPSA) is 59.1 Å². The SMILES string of the molecule is CC/C=C(\CN)N1CCn2c(nc(-c3ccc(F)cc3)c2NCC(C)CC)C1(C)C. The van der Waals surface area contributed by atoms with Crippen LogP contribution >= 0.6 is 0 Å². The molecule has 2 heterocycles. The number of anilines is 1. The Bertz CT molecular complexity index is 882. The quantitative estimate of drug-likeness (QED) is 0.643. The summed E-state index contributed by atoms with van der Waals surface area (Å²) in [6, 6.07) is 6.62. The van der Waals surface area contributed by atoms with E-state index in [1.165, 1.54) is 12.1 Å². The van der Waals surface area contributed by atoms with Crippen molar-refractivity contribution in [2.75, 3.05) is 25.0 Å². The average molecular weight is 414 g/mol. The summed E-state index contributed by atoms with van der Waals surface area (Å²) in [7, 11) is 0. The Hall–Kier alpha value is -2.34. The predicted molar refractivity (Wildman–Crippen MR) is 123 cm³/mol. The normalized spacial score (nSPS) is 17.0. The van der Waals surface area contributed by atoms with Crippen LogP contribution in [-0.4, -0.2) is 34.1 Å². The predicted octanol–water partition coefficient (Wildman–Crippen LogP) is 4.95. The van der Waals surface area contributed by atoms with Gasteiger partial charge in [-0.2, -0.15) is 0 Å². The standard InChI is InChI=1S/C24H36FN5/c1-6-8-20(15-26)30-14-13-29-22(27-16-17(3)7-2)21(28-23(29)24(30,4)5)18-9-11-19(25)12-10-18/h8-12,17,27H,6-7,13-16,26H2,1-5H3/b20-8+. The van der Waals surface area contributed by atoms with Crippen molar-refractivity contribution >= 4 is 5.82 Å². The van der Waals surface area contributed by atoms with E-state index < -0.39 is 0 Å². The zero-order valence-corrected chi connectivity index (χ0v) is 19.0. The number of fused-ring (bicyclic) bond motifs is 1. The Morgan fingerprint density at radius 2 is 1.97 bits per heavy atom. The van der Waals surface area contributed by atoms with Gasteiger partial charge in [0.25, 0.3) is 0 Å². The highest BCUT2D eigenvalue weighted by molar-refractivity contribution is 5.73. The number of aromatic nitrogens is 2. The number of allylic oxidation sites excluding steroid dienone is 1. The van der Waals surface area contributed by atoms with Crippen LogP contribution in [0.4, 0.5) is 10.2 Å². The first-order valence-corrected chi connectivity index (χ1v) is 11.1. The fraction of sp³-hybridized carbons (Fsp3) is 0.542. The van der Waals surface area contributed by atoms with Crippen LogP contribution in [0.1, 0.15) is 53.3 Å². The molecule has 2 aromatic rings. The molecule has 1 aliphatic rings. The second-order valence-corrected chi connectivity index (χ2v) is 8.70. The second kappa shape index (κ2) is 9.21. The molecule has 0 spiro atoms. The number of hydrogen-bond donors (Lipinski definition) is 2. The molecule has 6 heteroatoms. The van der Waals surface area contributed by atoms with Gasteiger partial charge in [-0.3, -0.25) is 0 Å². The molecule has 0 aliphatic carbocycles. The summed E-state index contributed by atoms with van der Waals surface area (Å²) in [5.74, 6) is 2.36. The van der Waals surface area contributed by atoms with Crippen LogP contribution < -0.4 is 11.1 Å². The van der Waals surface area contributed by atoms with Gasteiger partial charge in [-0.05, 0) is 50.5 Å². The Morgan fingerprint density at radius 1 is 1.27 bits per heavy atom. The van der Waals surface area contributed by atoms with Gasteiger partial charge in [0.05, 0.1) is 5.54 Å². The van der Waals surface area contributed by atoms with Crippen LogP contribution in [-0.2, 0) is 12.1 Å². The highest BCUT2D eigenvalue weighted by Crippen LogP contribution is 2.40. The molecule has 5 nitrogen and oxygen atoms in total. The maximum Gasteiger partial charge on any atom is 0.136 e. The van der Waals surface area contributed by atoms with Crippen molar-refractivity contribution in [3.8, 4) is 11.3 Å². The van der Waals surface area contributed by atoms with E-state index >= 15 is 0 Å². The van der Waals surface area contributed by atoms with E-state index in [4.69, 9.17) is 10.7 Å². The molecule has 0 bridgehead atoms. The first kappa shape index (κ1) is 22.3. The molecule has 0 saturated heterocycles. The molecule has 0 amide bonds. The third kappa shape index (κ3) is 4.24. The Morgan fingerprint density at radius 3 is 2.57 bits per heavy atom. The zero-order chi connectivity index (χ0) is 21.9. The first-order chi connectivity index (χ1) is 14.3. The van der Waals surface area contributed by atoms with Gasteiger partial charge in [-0.25, -0.2) is 9.37 Å². The minimum atomic E-state index is -0.302. The summed E-state index contributed by atoms with van der Waals surface area (Å²) in [5, 5.41) is 3.66. The zero-order valence-electron chi connectivity index (χ0n) is 19.0. The molecule has 0 saturated carbocycles. The van der Waals surface area contributed by atoms with Crippen molar-refractivity contribution < 1.29 is 4.39 Å². The van der Waals surface area contributed by atoms with E-state index in [9.17, 15) is 4.39 Å². The molecule has 0 fully saturated rings. The number of benzene rings is 1. The number of hydrogen-bond acceptors (Lipinski definition) is 4. The average Bonchev–Trinajstić information content (AvgIpc) is 3.11. The lowest BCUT2D eigenvalue weighted by atomic mass is 9.97. The van der Waals surface area contributed by atoms with E-state index in [2.05, 4.69) is 55.5 Å². The number of nitrogens with one attached hydrogen (secondary N) is 1. The second-order valence-electron chi connectivity index (χ2n) is 8.70. The molecule has 1 unspecified atom stereocenters. The summed E-state index contributed by atoms with van der Waals surface area (Å²) >= 11 is 0. The number of imidazole rings is 1. The lowest BCUT2D eigenvalue weighted by molar-refractivity contribution is 0.117. The molecule has 1 atom stereocenters. The Labute approximate surface area is 180 Å². The third-order valence-corrected chi connectivity index (χ3v) is 6.16. The van der Waals surface area contributed by atoms with Crippen LogP contribution in [0.15, 0.2) is 36.0 Å². The van der Waals surface area contributed by atoms with Gasteiger partial charge < -0.3 is 20.5 Å². The van der Waals surface area contributed by atoms with E-state index in [0.29, 0.717) is 12.5 Å². The first-order valence-electron chi connectivity index (χ1n) is 11.1. The maximum atomic E-state index is 13.5. The van der Waals surface area contributed by atoms with E-state index in [1.807, 2.05) is 12.1 Å². The van der Waals surface area contributed by atoms with Crippen molar-refractivity contribution in [1.82, 2.24) is 14.5 Å². The molecule has 30 heavy (non-hydrogen) atoms. The lowest BCUT2D eigenvalue weighted by Gasteiger charge is -2.45. The van der Waals surface area contributed by atoms with Gasteiger partial charge in [0, 0.05) is 37.4 Å². The molecule has 3 N–H and O–H groups in total. The number of nitrogens with two attached hydrogens (primary N) is 1. The molecule has 1 aliphatic heterocycles. The van der Waals surface area contributed by atoms with Crippen LogP contribution in [0.3, 0.4) is 0 Å². The van der Waals surface area contributed by atoms with E-state index in [1.54, 1.807) is 0 Å². The monoisotopic (exact) mass is 413 g/mol. The van der Waals surface area contributed by atoms with Crippen LogP contribution in [0.25, 0.3) is 11.3 Å². The van der Waals surface area contributed by atoms with Crippen molar-refractivity contribution in [3.63, 3.8) is 0 Å². The Balaban J connectivity index is 2.09. The highest BCUT2D eigenvalue weighted by atomic mass is 19.1. The van der Waals surface area contributed by atoms with Crippen LogP contribution in [0.5, 0.6) is 0 Å². The van der Waals surface area contributed by atoms with Crippen molar-refractivity contribution in [1.29, 1.82) is 0 Å². The van der Waals surface area contributed by atoms with Crippen molar-refractivity contribution in [3.05, 3.63) is 47.7 Å². The summed E-state index contributed by atoms with van der Waals surface area (Å²) in [4.78, 5) is 7.48. The highest BCUT2D eigenvalue weighted by Gasteiger charge is 2.39. The van der Waals surface area contributed by atoms with E-state index in [-0.39, 0.29) is 11.4 Å². The molecular weight excluding hydrogens is 377 g/mol. The fourth-order valence-electron chi connectivity index (χ4n) is 4.18. The summed E-state index contributed by atoms with van der Waals surface area (Å²) < 4.78 is 15.8. The van der Waals surface area contributed by atoms with Crippen LogP contribution in [0, 0.1) is 11.7 Å². The maximum absolute atomic E-state index is 13.5. The molecular formula is C24H36FN5. The number of rotatable bonds is 8. The van der Waals surface area contributed by atoms with Gasteiger partial charge in [0.1, 0.15) is 23.2 Å². The summed E-state index contributed by atoms with van der Waals surface area (Å²) in [6.45, 7) is 14.1. The van der Waals surface area contributed by atoms with Gasteiger partial charge in [0.2, 0.25) is 0 Å². The third-order valence-electron chi connectivity index (χ3n) is 6.16. The van der Waals surface area contributed by atoms with Gasteiger partial charge in [0.15, 0.2) is 0 Å². The van der Waals surface area contributed by atoms with Crippen LogP contribution in [0.2, 0.25) is 0 Å². The minimum Gasteiger partial charge on any atom is -0.369 e. The molecule has 0 radical (unpaired) electrons. The summed E-state index contributed by atoms with van der Waals surface area (Å²) in [6.07, 6.45) is 4.28. The summed E-state index contributed by atoms with van der Waals surface area (Å²) in [5.41, 5.74) is 8.75. The molecule has 1 aromatic carbocycles. The van der Waals surface area contributed by atoms with E-state index in [0.717, 1.165) is 61.1 Å². The number of halogens is 1. The molecule has 164 valence electrons. The smallest absolute Gasteiger partial charge is 0.136 e. The van der Waals surface area contributed by atoms with Crippen molar-refractivity contribution in [2.45, 2.75) is 59.5 Å². The minimum absolute atomic E-state index is 0.236. The Kier molecular flexibility index (Phi) is 6.86. The van der Waals surface area contributed by atoms with Gasteiger partial charge in [-0.1, -0.05) is 33.3 Å². The van der Waals surface area contributed by atoms with Crippen molar-refractivity contribution in [2.24, 2.45) is 11.7 Å². The number of nitrogens with zero attached hydrogens (tertiary/aromatic N) is 3. The molecule has 1 aromatic heterocycles.